The van der Waals surface area contributed by atoms with E-state index in [9.17, 15) is 4.79 Å². The number of hydrogen-bond donors (Lipinski definition) is 0. The van der Waals surface area contributed by atoms with Gasteiger partial charge < -0.3 is 4.74 Å². The summed E-state index contributed by atoms with van der Waals surface area (Å²) in [6.45, 7) is 0.644. The van der Waals surface area contributed by atoms with Crippen molar-refractivity contribution >= 4 is 21.7 Å². The molecule has 0 atom stereocenters. The van der Waals surface area contributed by atoms with Crippen LogP contribution < -0.4 is 0 Å². The fraction of sp³-hybridized carbons (Fsp3) is 0.250. The van der Waals surface area contributed by atoms with E-state index in [1.54, 1.807) is 12.1 Å². The molecule has 1 aromatic rings. The minimum Gasteiger partial charge on any atom is -0.490 e. The molecule has 1 heterocycles. The molecule has 0 amide bonds. The van der Waals surface area contributed by atoms with Crippen molar-refractivity contribution in [3.05, 3.63) is 46.1 Å². The second kappa shape index (κ2) is 4.62. The van der Waals surface area contributed by atoms with E-state index in [2.05, 4.69) is 15.9 Å². The molecule has 0 aliphatic carbocycles. The highest BCUT2D eigenvalue weighted by atomic mass is 79.9. The van der Waals surface area contributed by atoms with Gasteiger partial charge in [0.05, 0.1) is 6.61 Å². The highest BCUT2D eigenvalue weighted by molar-refractivity contribution is 9.10. The molecule has 78 valence electrons. The molecule has 0 bridgehead atoms. The molecule has 1 aliphatic rings. The predicted molar refractivity (Wildman–Crippen MR) is 61.7 cm³/mol. The molecular weight excluding hydrogens is 256 g/mol. The Morgan fingerprint density at radius 3 is 2.93 bits per heavy atom. The first-order valence-electron chi connectivity index (χ1n) is 4.90. The van der Waals surface area contributed by atoms with Gasteiger partial charge in [0, 0.05) is 10.0 Å². The number of ether oxygens (including phenoxy) is 1. The van der Waals surface area contributed by atoms with Crippen LogP contribution in [0, 0.1) is 0 Å². The fourth-order valence-corrected chi connectivity index (χ4v) is 1.89. The van der Waals surface area contributed by atoms with Crippen LogP contribution in [0.25, 0.3) is 0 Å². The molecule has 1 aromatic carbocycles. The van der Waals surface area contributed by atoms with E-state index in [4.69, 9.17) is 4.74 Å². The molecule has 0 radical (unpaired) electrons. The first-order chi connectivity index (χ1) is 7.27. The molecule has 2 rings (SSSR count). The molecule has 1 aliphatic heterocycles. The van der Waals surface area contributed by atoms with Crippen LogP contribution in [-0.2, 0) is 4.74 Å². The Balaban J connectivity index is 2.24. The maximum Gasteiger partial charge on any atom is 0.227 e. The molecule has 0 fully saturated rings. The standard InChI is InChI=1S/C12H11BrO2/c13-10-5-3-4-9(8-10)12(14)11-6-1-2-7-15-11/h3-6,8H,1-2,7H2. The van der Waals surface area contributed by atoms with Crippen LogP contribution >= 0.6 is 15.9 Å². The number of carbonyl (C=O) groups is 1. The van der Waals surface area contributed by atoms with Gasteiger partial charge in [-0.15, -0.1) is 0 Å². The molecule has 3 heteroatoms. The van der Waals surface area contributed by atoms with Gasteiger partial charge in [-0.25, -0.2) is 0 Å². The Bertz CT molecular complexity index is 410. The Morgan fingerprint density at radius 1 is 1.40 bits per heavy atom. The Labute approximate surface area is 97.1 Å². The lowest BCUT2D eigenvalue weighted by atomic mass is 10.1. The number of halogens is 1. The average molecular weight is 267 g/mol. The maximum absolute atomic E-state index is 11.9. The highest BCUT2D eigenvalue weighted by Gasteiger charge is 2.15. The monoisotopic (exact) mass is 266 g/mol. The third-order valence-corrected chi connectivity index (χ3v) is 2.74. The van der Waals surface area contributed by atoms with E-state index in [0.29, 0.717) is 17.9 Å². The summed E-state index contributed by atoms with van der Waals surface area (Å²) < 4.78 is 6.24. The van der Waals surface area contributed by atoms with Gasteiger partial charge in [-0.3, -0.25) is 4.79 Å². The summed E-state index contributed by atoms with van der Waals surface area (Å²) in [5, 5.41) is 0. The smallest absolute Gasteiger partial charge is 0.227 e. The number of benzene rings is 1. The molecular formula is C12H11BrO2. The first kappa shape index (κ1) is 10.4. The van der Waals surface area contributed by atoms with Crippen LogP contribution in [0.2, 0.25) is 0 Å². The van der Waals surface area contributed by atoms with Gasteiger partial charge in [-0.05, 0) is 31.1 Å². The van der Waals surface area contributed by atoms with E-state index in [0.717, 1.165) is 17.3 Å². The topological polar surface area (TPSA) is 26.3 Å². The molecule has 0 aromatic heterocycles. The van der Waals surface area contributed by atoms with E-state index in [1.807, 2.05) is 18.2 Å². The van der Waals surface area contributed by atoms with Gasteiger partial charge in [-0.1, -0.05) is 28.1 Å². The number of hydrogen-bond acceptors (Lipinski definition) is 2. The van der Waals surface area contributed by atoms with Gasteiger partial charge >= 0.3 is 0 Å². The third-order valence-electron chi connectivity index (χ3n) is 2.25. The zero-order valence-corrected chi connectivity index (χ0v) is 9.79. The highest BCUT2D eigenvalue weighted by Crippen LogP contribution is 2.18. The van der Waals surface area contributed by atoms with Crippen LogP contribution in [0.1, 0.15) is 23.2 Å². The number of Topliss-reactive ketones (excluding diaryl/α,β-unsaturated/α-hetero) is 1. The van der Waals surface area contributed by atoms with E-state index < -0.39 is 0 Å². The Kier molecular flexibility index (Phi) is 3.21. The van der Waals surface area contributed by atoms with Gasteiger partial charge in [0.2, 0.25) is 5.78 Å². The molecule has 0 unspecified atom stereocenters. The molecule has 2 nitrogen and oxygen atoms in total. The molecule has 0 N–H and O–H groups in total. The largest absolute Gasteiger partial charge is 0.490 e. The second-order valence-electron chi connectivity index (χ2n) is 3.40. The minimum atomic E-state index is -0.0315. The summed E-state index contributed by atoms with van der Waals surface area (Å²) in [6, 6.07) is 7.35. The van der Waals surface area contributed by atoms with E-state index in [-0.39, 0.29) is 5.78 Å². The normalized spacial score (nSPS) is 15.4. The number of carbonyl (C=O) groups excluding carboxylic acids is 1. The molecule has 0 saturated heterocycles. The van der Waals surface area contributed by atoms with Crippen molar-refractivity contribution in [1.29, 1.82) is 0 Å². The third kappa shape index (κ3) is 2.48. The van der Waals surface area contributed by atoms with Gasteiger partial charge in [0.1, 0.15) is 0 Å². The zero-order valence-electron chi connectivity index (χ0n) is 8.20. The van der Waals surface area contributed by atoms with Crippen LogP contribution in [0.3, 0.4) is 0 Å². The average Bonchev–Trinajstić information content (AvgIpc) is 2.29. The summed E-state index contributed by atoms with van der Waals surface area (Å²) in [6.07, 6.45) is 3.79. The lowest BCUT2D eigenvalue weighted by Crippen LogP contribution is -2.11. The van der Waals surface area contributed by atoms with E-state index in [1.165, 1.54) is 0 Å². The van der Waals surface area contributed by atoms with Crippen molar-refractivity contribution in [1.82, 2.24) is 0 Å². The minimum absolute atomic E-state index is 0.0315. The van der Waals surface area contributed by atoms with Crippen LogP contribution in [-0.4, -0.2) is 12.4 Å². The number of rotatable bonds is 2. The molecule has 0 spiro atoms. The first-order valence-corrected chi connectivity index (χ1v) is 5.70. The van der Waals surface area contributed by atoms with Gasteiger partial charge in [0.25, 0.3) is 0 Å². The van der Waals surface area contributed by atoms with Crippen molar-refractivity contribution in [2.45, 2.75) is 12.8 Å². The predicted octanol–water partition coefficient (Wildman–Crippen LogP) is 3.33. The van der Waals surface area contributed by atoms with Crippen molar-refractivity contribution in [2.24, 2.45) is 0 Å². The number of allylic oxidation sites excluding steroid dienone is 2. The van der Waals surface area contributed by atoms with Crippen molar-refractivity contribution < 1.29 is 9.53 Å². The van der Waals surface area contributed by atoms with Crippen LogP contribution in [0.15, 0.2) is 40.6 Å². The molecule has 15 heavy (non-hydrogen) atoms. The fourth-order valence-electron chi connectivity index (χ4n) is 1.49. The summed E-state index contributed by atoms with van der Waals surface area (Å²) in [7, 11) is 0. The van der Waals surface area contributed by atoms with Crippen LogP contribution in [0.4, 0.5) is 0 Å². The maximum atomic E-state index is 11.9. The summed E-state index contributed by atoms with van der Waals surface area (Å²) in [5.41, 5.74) is 0.664. The van der Waals surface area contributed by atoms with E-state index >= 15 is 0 Å². The van der Waals surface area contributed by atoms with Gasteiger partial charge in [-0.2, -0.15) is 0 Å². The quantitative estimate of drug-likeness (QED) is 0.768. The van der Waals surface area contributed by atoms with Crippen molar-refractivity contribution in [2.75, 3.05) is 6.61 Å². The summed E-state index contributed by atoms with van der Waals surface area (Å²) >= 11 is 3.34. The SMILES string of the molecule is O=C(C1=CCCCO1)c1cccc(Br)c1. The Morgan fingerprint density at radius 2 is 2.27 bits per heavy atom. The summed E-state index contributed by atoms with van der Waals surface area (Å²) in [4.78, 5) is 11.9. The zero-order chi connectivity index (χ0) is 10.7. The number of ketones is 1. The van der Waals surface area contributed by atoms with Gasteiger partial charge in [0.15, 0.2) is 5.76 Å². The van der Waals surface area contributed by atoms with Crippen LogP contribution in [0.5, 0.6) is 0 Å². The van der Waals surface area contributed by atoms with Crippen molar-refractivity contribution in [3.8, 4) is 0 Å². The Hall–Kier alpha value is -1.09. The lowest BCUT2D eigenvalue weighted by Gasteiger charge is -2.13. The second-order valence-corrected chi connectivity index (χ2v) is 4.31. The molecule has 0 saturated carbocycles. The lowest BCUT2D eigenvalue weighted by molar-refractivity contribution is 0.0899. The van der Waals surface area contributed by atoms with Crippen molar-refractivity contribution in [3.63, 3.8) is 0 Å². The summed E-state index contributed by atoms with van der Waals surface area (Å²) in [5.74, 6) is 0.454.